The molecule has 13 heteroatoms. The van der Waals surface area contributed by atoms with Gasteiger partial charge in [0.15, 0.2) is 0 Å². The minimum Gasteiger partial charge on any atom is -0.370 e. The van der Waals surface area contributed by atoms with Gasteiger partial charge in [0.2, 0.25) is 5.95 Å². The molecule has 1 fully saturated rings. The number of hydrogen-bond acceptors (Lipinski definition) is 7. The zero-order valence-corrected chi connectivity index (χ0v) is 17.9. The summed E-state index contributed by atoms with van der Waals surface area (Å²) in [6.45, 7) is 3.81. The molecule has 0 bridgehead atoms. The summed E-state index contributed by atoms with van der Waals surface area (Å²) >= 11 is 0.519. The highest BCUT2D eigenvalue weighted by molar-refractivity contribution is 7.84. The van der Waals surface area contributed by atoms with E-state index in [4.69, 9.17) is 0 Å². The quantitative estimate of drug-likeness (QED) is 0.408. The van der Waals surface area contributed by atoms with Crippen molar-refractivity contribution in [2.45, 2.75) is 55.8 Å². The van der Waals surface area contributed by atoms with Gasteiger partial charge in [-0.1, -0.05) is 0 Å². The summed E-state index contributed by atoms with van der Waals surface area (Å²) < 4.78 is 62.5. The first kappa shape index (κ1) is 22.4. The number of nitrogens with one attached hydrogen (secondary N) is 2. The maximum Gasteiger partial charge on any atom is 0.536 e. The minimum atomic E-state index is -4.56. The molecule has 3 rings (SSSR count). The van der Waals surface area contributed by atoms with E-state index < -0.39 is 16.3 Å². The van der Waals surface area contributed by atoms with Gasteiger partial charge < -0.3 is 10.6 Å². The van der Waals surface area contributed by atoms with Crippen molar-refractivity contribution < 1.29 is 21.6 Å². The number of anilines is 3. The Kier molecular flexibility index (Phi) is 6.91. The first-order chi connectivity index (χ1) is 14.3. The van der Waals surface area contributed by atoms with Crippen LogP contribution >= 0.6 is 0 Å². The van der Waals surface area contributed by atoms with Crippen LogP contribution in [0, 0.1) is 0 Å². The summed E-state index contributed by atoms with van der Waals surface area (Å²) in [6.07, 6.45) is 0.172. The molecule has 0 aromatic carbocycles. The highest BCUT2D eigenvalue weighted by Gasteiger charge is 2.39. The van der Waals surface area contributed by atoms with Crippen molar-refractivity contribution >= 4 is 40.8 Å². The number of nitrogens with zero attached hydrogens (tertiary/aromatic N) is 4. The molecule has 1 saturated carbocycles. The van der Waals surface area contributed by atoms with Gasteiger partial charge >= 0.3 is 34.1 Å². The average molecular weight is 463 g/mol. The fraction of sp³-hybridized carbons (Fsp3) is 0.588. The van der Waals surface area contributed by atoms with E-state index >= 15 is 0 Å². The van der Waals surface area contributed by atoms with Gasteiger partial charge in [0.05, 0.1) is 23.8 Å². The molecular weight excluding hydrogens is 441 g/mol. The standard InChI is InChI=1S/C17H21F3N6O2S2/c1-3-21-15-11(17(18,19)20)7-22-16(24-15)23-12-8-26(25-14(12)10-4-5-10)9(2)6-13(29-27)30-28/h7-10,13H,3-6H2,1-2H3,(H2,21,22,23,24)/q+2. The molecule has 2 aromatic rings. The Labute approximate surface area is 179 Å². The zero-order valence-electron chi connectivity index (χ0n) is 16.3. The third-order valence-electron chi connectivity index (χ3n) is 4.61. The van der Waals surface area contributed by atoms with Crippen LogP contribution in [0.4, 0.5) is 30.6 Å². The molecule has 1 aliphatic carbocycles. The van der Waals surface area contributed by atoms with Crippen LogP contribution < -0.4 is 10.6 Å². The van der Waals surface area contributed by atoms with Crippen molar-refractivity contribution in [3.8, 4) is 0 Å². The Hall–Kier alpha value is -2.28. The second-order valence-electron chi connectivity index (χ2n) is 7.00. The summed E-state index contributed by atoms with van der Waals surface area (Å²) in [5, 5.41) is 10.2. The summed E-state index contributed by atoms with van der Waals surface area (Å²) in [5.41, 5.74) is 0.446. The van der Waals surface area contributed by atoms with Gasteiger partial charge in [-0.3, -0.25) is 4.68 Å². The van der Waals surface area contributed by atoms with Crippen molar-refractivity contribution in [3.05, 3.63) is 23.7 Å². The largest absolute Gasteiger partial charge is 0.536 e. The fourth-order valence-electron chi connectivity index (χ4n) is 2.94. The van der Waals surface area contributed by atoms with Crippen LogP contribution in [0.2, 0.25) is 0 Å². The van der Waals surface area contributed by atoms with Crippen LogP contribution in [-0.4, -0.2) is 30.9 Å². The van der Waals surface area contributed by atoms with Gasteiger partial charge in [0.1, 0.15) is 11.4 Å². The molecule has 0 spiro atoms. The zero-order chi connectivity index (χ0) is 21.9. The van der Waals surface area contributed by atoms with Crippen molar-refractivity contribution in [2.75, 3.05) is 17.2 Å². The number of halogens is 3. The second-order valence-corrected chi connectivity index (χ2v) is 8.82. The summed E-state index contributed by atoms with van der Waals surface area (Å²) in [5.74, 6) is -0.0163. The van der Waals surface area contributed by atoms with E-state index in [1.807, 2.05) is 6.92 Å². The van der Waals surface area contributed by atoms with E-state index in [1.165, 1.54) is 0 Å². The Balaban J connectivity index is 1.87. The van der Waals surface area contributed by atoms with Gasteiger partial charge in [0.25, 0.3) is 0 Å². The van der Waals surface area contributed by atoms with Crippen LogP contribution in [0.5, 0.6) is 0 Å². The smallest absolute Gasteiger partial charge is 0.370 e. The number of aromatic nitrogens is 4. The van der Waals surface area contributed by atoms with Crippen LogP contribution in [0.25, 0.3) is 0 Å². The van der Waals surface area contributed by atoms with Crippen LogP contribution in [0.1, 0.15) is 56.3 Å². The van der Waals surface area contributed by atoms with Crippen molar-refractivity contribution in [1.29, 1.82) is 0 Å². The van der Waals surface area contributed by atoms with Crippen LogP contribution in [0.15, 0.2) is 12.4 Å². The van der Waals surface area contributed by atoms with E-state index in [0.29, 0.717) is 12.1 Å². The number of hydrogen-bond donors (Lipinski definition) is 2. The van der Waals surface area contributed by atoms with Crippen molar-refractivity contribution in [3.63, 3.8) is 0 Å². The highest BCUT2D eigenvalue weighted by Crippen LogP contribution is 2.43. The molecule has 162 valence electrons. The molecule has 1 atom stereocenters. The first-order valence-electron chi connectivity index (χ1n) is 9.38. The lowest BCUT2D eigenvalue weighted by atomic mass is 10.2. The van der Waals surface area contributed by atoms with E-state index in [2.05, 4.69) is 25.7 Å². The van der Waals surface area contributed by atoms with Gasteiger partial charge in [-0.05, 0) is 26.7 Å². The van der Waals surface area contributed by atoms with Crippen LogP contribution in [0.3, 0.4) is 0 Å². The lowest BCUT2D eigenvalue weighted by molar-refractivity contribution is -0.137. The highest BCUT2D eigenvalue weighted by atomic mass is 32.2. The second kappa shape index (κ2) is 9.25. The molecule has 30 heavy (non-hydrogen) atoms. The first-order valence-corrected chi connectivity index (χ1v) is 11.0. The average Bonchev–Trinajstić information content (AvgIpc) is 3.45. The third-order valence-corrected chi connectivity index (χ3v) is 5.89. The minimum absolute atomic E-state index is 0.0242. The summed E-state index contributed by atoms with van der Waals surface area (Å²) in [6, 6.07) is -0.197. The molecule has 0 radical (unpaired) electrons. The monoisotopic (exact) mass is 462 g/mol. The van der Waals surface area contributed by atoms with Crippen molar-refractivity contribution in [1.82, 2.24) is 19.7 Å². The molecule has 0 aliphatic heterocycles. The van der Waals surface area contributed by atoms with E-state index in [-0.39, 0.29) is 53.6 Å². The SMILES string of the molecule is CCNc1nc(Nc2cn(C(C)CC([S+]=O)[S+]=O)nc2C2CC2)ncc1C(F)(F)F. The van der Waals surface area contributed by atoms with Gasteiger partial charge in [-0.15, -0.1) is 0 Å². The maximum absolute atomic E-state index is 13.2. The Morgan fingerprint density at radius 3 is 2.57 bits per heavy atom. The number of rotatable bonds is 10. The molecule has 8 nitrogen and oxygen atoms in total. The van der Waals surface area contributed by atoms with E-state index in [9.17, 15) is 21.6 Å². The lowest BCUT2D eigenvalue weighted by Gasteiger charge is -2.13. The maximum atomic E-state index is 13.2. The van der Waals surface area contributed by atoms with Gasteiger partial charge in [-0.25, -0.2) is 4.98 Å². The topological polar surface area (TPSA) is 102 Å². The van der Waals surface area contributed by atoms with Crippen LogP contribution in [-0.2, 0) is 37.9 Å². The molecule has 1 aliphatic rings. The molecule has 0 saturated heterocycles. The Morgan fingerprint density at radius 1 is 1.30 bits per heavy atom. The van der Waals surface area contributed by atoms with Gasteiger partial charge in [-0.2, -0.15) is 23.3 Å². The number of alkyl halides is 3. The molecule has 2 heterocycles. The predicted molar refractivity (Wildman–Crippen MR) is 108 cm³/mol. The Bertz CT molecular complexity index is 911. The molecule has 1 unspecified atom stereocenters. The van der Waals surface area contributed by atoms with Gasteiger partial charge in [0, 0.05) is 33.3 Å². The van der Waals surface area contributed by atoms with Crippen molar-refractivity contribution in [2.24, 2.45) is 0 Å². The third kappa shape index (κ3) is 5.25. The molecule has 2 aromatic heterocycles. The Morgan fingerprint density at radius 2 is 2.00 bits per heavy atom. The molecular formula is C17H21F3N6O2S2+2. The summed E-state index contributed by atoms with van der Waals surface area (Å²) in [4.78, 5) is 7.82. The normalized spacial score (nSPS) is 15.1. The molecule has 2 N–H and O–H groups in total. The predicted octanol–water partition coefficient (Wildman–Crippen LogP) is 3.88. The lowest BCUT2D eigenvalue weighted by Crippen LogP contribution is -2.14. The molecule has 0 amide bonds. The fourth-order valence-corrected chi connectivity index (χ4v) is 3.78. The van der Waals surface area contributed by atoms with E-state index in [1.54, 1.807) is 17.8 Å². The van der Waals surface area contributed by atoms with E-state index in [0.717, 1.165) is 24.7 Å². The summed E-state index contributed by atoms with van der Waals surface area (Å²) in [7, 11) is 0.